The normalized spacial score (nSPS) is 20.1. The fraction of sp³-hybridized carbons (Fsp3) is 0.217. The smallest absolute Gasteiger partial charge is 0.0647 e. The first-order valence-corrected chi connectivity index (χ1v) is 34.5. The van der Waals surface area contributed by atoms with Crippen LogP contribution in [0.2, 0.25) is 0 Å². The summed E-state index contributed by atoms with van der Waals surface area (Å²) in [5, 5.41) is 0. The molecule has 0 amide bonds. The van der Waals surface area contributed by atoms with Gasteiger partial charge in [0.15, 0.2) is 0 Å². The van der Waals surface area contributed by atoms with Gasteiger partial charge in [-0.3, -0.25) is 0 Å². The van der Waals surface area contributed by atoms with Crippen LogP contribution in [0.25, 0.3) is 39.0 Å². The number of benzene rings is 11. The maximum atomic E-state index is 2.68. The molecule has 0 N–H and O–H groups in total. The van der Waals surface area contributed by atoms with Crippen molar-refractivity contribution < 1.29 is 0 Å². The summed E-state index contributed by atoms with van der Waals surface area (Å²) in [4.78, 5) is 2.33. The molecule has 8 aliphatic rings. The van der Waals surface area contributed by atoms with E-state index in [9.17, 15) is 0 Å². The number of fused-ring (bicyclic) bond motifs is 8. The monoisotopic (exact) mass is 1200 g/mol. The molecule has 4 atom stereocenters. The molecule has 0 heterocycles. The van der Waals surface area contributed by atoms with E-state index < -0.39 is 0 Å². The summed E-state index contributed by atoms with van der Waals surface area (Å²) < 4.78 is 0. The molecule has 93 heavy (non-hydrogen) atoms. The Morgan fingerprint density at radius 1 is 0.430 bits per heavy atom. The highest BCUT2D eigenvalue weighted by atomic mass is 15.1. The molecule has 1 nitrogen and oxygen atoms in total. The lowest BCUT2D eigenvalue weighted by Gasteiger charge is -2.43. The van der Waals surface area contributed by atoms with Crippen molar-refractivity contribution in [2.45, 2.75) is 127 Å². The zero-order valence-corrected chi connectivity index (χ0v) is 54.8. The first-order chi connectivity index (χ1) is 45.5. The van der Waals surface area contributed by atoms with Crippen molar-refractivity contribution in [3.05, 3.63) is 367 Å². The van der Waals surface area contributed by atoms with Crippen LogP contribution in [0.15, 0.2) is 261 Å². The summed E-state index contributed by atoms with van der Waals surface area (Å²) >= 11 is 0. The lowest BCUT2D eigenvalue weighted by molar-refractivity contribution is 0.349. The summed E-state index contributed by atoms with van der Waals surface area (Å²) in [6.45, 7) is 13.6. The highest BCUT2D eigenvalue weighted by Crippen LogP contribution is 2.64. The SMILES string of the molecule is Cc1ccc2c(c1)C1(c3ccc(N(c4ccccc4)c4ccccc4)cc3)C=CCc3c(C)ccc-2c31.Cc1ccc2c(c1)C1C=CC3(CCCCC3)c3c(C)ccc-2c31.Cc1ccc2c3c1CC(c1ccccc1)=CC31CC(c3ccccc3)Cc3c(C)ccc-2c31. The van der Waals surface area contributed by atoms with E-state index in [1.54, 1.807) is 33.4 Å². The number of para-hydroxylation sites is 2. The van der Waals surface area contributed by atoms with Crippen LogP contribution in [0.5, 0.6) is 0 Å². The van der Waals surface area contributed by atoms with Gasteiger partial charge in [-0.25, -0.2) is 0 Å². The van der Waals surface area contributed by atoms with E-state index in [1.165, 1.54) is 143 Å². The lowest BCUT2D eigenvalue weighted by Crippen LogP contribution is -2.35. The third-order valence-electron chi connectivity index (χ3n) is 23.1. The van der Waals surface area contributed by atoms with E-state index in [0.717, 1.165) is 42.7 Å². The van der Waals surface area contributed by atoms with Gasteiger partial charge in [-0.15, -0.1) is 0 Å². The average molecular weight is 1200 g/mol. The Morgan fingerprint density at radius 3 is 1.66 bits per heavy atom. The van der Waals surface area contributed by atoms with E-state index in [2.05, 4.69) is 307 Å². The molecule has 11 aromatic rings. The number of hydrogen-bond acceptors (Lipinski definition) is 1. The van der Waals surface area contributed by atoms with Crippen LogP contribution in [0.1, 0.15) is 156 Å². The van der Waals surface area contributed by atoms with Crippen molar-refractivity contribution in [1.29, 1.82) is 0 Å². The summed E-state index contributed by atoms with van der Waals surface area (Å²) in [6.07, 6.45) is 23.8. The third kappa shape index (κ3) is 9.00. The van der Waals surface area contributed by atoms with Crippen LogP contribution in [0.4, 0.5) is 17.1 Å². The summed E-state index contributed by atoms with van der Waals surface area (Å²) in [5.41, 5.74) is 41.8. The van der Waals surface area contributed by atoms with Crippen molar-refractivity contribution >= 4 is 22.6 Å². The zero-order valence-electron chi connectivity index (χ0n) is 54.8. The lowest BCUT2D eigenvalue weighted by atomic mass is 9.59. The Hall–Kier alpha value is -9.56. The average Bonchev–Trinajstić information content (AvgIpc) is 1.55. The summed E-state index contributed by atoms with van der Waals surface area (Å²) in [6, 6.07) is 85.7. The second kappa shape index (κ2) is 22.3. The number of hydrogen-bond donors (Lipinski definition) is 0. The first-order valence-electron chi connectivity index (χ1n) is 34.5. The van der Waals surface area contributed by atoms with Crippen molar-refractivity contribution in [2.24, 2.45) is 0 Å². The minimum atomic E-state index is -0.251. The van der Waals surface area contributed by atoms with Gasteiger partial charge in [-0.1, -0.05) is 255 Å². The Labute approximate surface area is 551 Å². The fourth-order valence-electron chi connectivity index (χ4n) is 18.9. The molecular weight excluding hydrogens is 1120 g/mol. The van der Waals surface area contributed by atoms with Crippen molar-refractivity contribution in [2.75, 3.05) is 4.90 Å². The minimum absolute atomic E-state index is 0.0322. The van der Waals surface area contributed by atoms with Crippen LogP contribution >= 0.6 is 0 Å². The highest BCUT2D eigenvalue weighted by molar-refractivity contribution is 5.92. The second-order valence-corrected chi connectivity index (χ2v) is 28.4. The minimum Gasteiger partial charge on any atom is -0.311 e. The number of nitrogens with zero attached hydrogens (tertiary/aromatic N) is 1. The Morgan fingerprint density at radius 2 is 0.978 bits per heavy atom. The standard InChI is InChI=1S/C36H29N.C33H28.C23H24/c1-25-15-21-32-33-22-16-26(2)31-14-9-23-36(35(31)33,34(32)24-25)27-17-19-30(20-18-27)37(28-10-5-3-6-11-28)29-12-7-4-8-13-29;1-21-13-15-27-28-16-14-22(2)30-18-26(24-11-7-4-8-12-24)20-33(32(28)30)19-25(17-29(21)31(27)33)23-9-5-3-6-10-23;1-15-6-8-17-18-9-7-16(2)22-21(18)19(20(17)14-15)10-13-23(22)11-4-3-5-12-23/h3-13,15-24H,14H2,1-2H3;3-16,19,26H,17-18,20H2,1-2H3;6-10,13-14,19H,3-5,11-12H2,1-2H3. The molecule has 8 aliphatic carbocycles. The predicted octanol–water partition coefficient (Wildman–Crippen LogP) is 23.3. The molecule has 1 fully saturated rings. The van der Waals surface area contributed by atoms with Gasteiger partial charge in [0.1, 0.15) is 0 Å². The maximum Gasteiger partial charge on any atom is 0.0647 e. The quantitative estimate of drug-likeness (QED) is 0.150. The molecule has 0 aromatic heterocycles. The Bertz CT molecular complexity index is 4840. The summed E-state index contributed by atoms with van der Waals surface area (Å²) in [5.74, 6) is 1.01. The van der Waals surface area contributed by atoms with E-state index in [4.69, 9.17) is 0 Å². The number of aryl methyl sites for hydroxylation is 6. The van der Waals surface area contributed by atoms with Crippen molar-refractivity contribution in [3.8, 4) is 33.4 Å². The molecular formula is C92H81N. The second-order valence-electron chi connectivity index (χ2n) is 28.4. The zero-order chi connectivity index (χ0) is 62.7. The molecule has 0 aliphatic heterocycles. The van der Waals surface area contributed by atoms with E-state index in [1.807, 2.05) is 0 Å². The van der Waals surface area contributed by atoms with Crippen LogP contribution < -0.4 is 4.90 Å². The molecule has 0 saturated heterocycles. The van der Waals surface area contributed by atoms with Gasteiger partial charge >= 0.3 is 0 Å². The third-order valence-corrected chi connectivity index (χ3v) is 23.1. The predicted molar refractivity (Wildman–Crippen MR) is 390 cm³/mol. The molecule has 454 valence electrons. The Kier molecular flexibility index (Phi) is 13.8. The van der Waals surface area contributed by atoms with Crippen molar-refractivity contribution in [3.63, 3.8) is 0 Å². The van der Waals surface area contributed by atoms with Gasteiger partial charge in [-0.05, 0) is 256 Å². The number of rotatable bonds is 6. The van der Waals surface area contributed by atoms with E-state index in [-0.39, 0.29) is 10.8 Å². The van der Waals surface area contributed by atoms with Crippen LogP contribution in [-0.4, -0.2) is 0 Å². The van der Waals surface area contributed by atoms with Gasteiger partial charge < -0.3 is 4.90 Å². The number of allylic oxidation sites excluding steroid dienone is 6. The molecule has 1 saturated carbocycles. The fourth-order valence-corrected chi connectivity index (χ4v) is 18.9. The Balaban J connectivity index is 0.000000109. The molecule has 0 bridgehead atoms. The molecule has 1 heteroatoms. The molecule has 2 spiro atoms. The van der Waals surface area contributed by atoms with Crippen molar-refractivity contribution in [1.82, 2.24) is 0 Å². The van der Waals surface area contributed by atoms with Crippen LogP contribution in [-0.2, 0) is 35.5 Å². The largest absolute Gasteiger partial charge is 0.311 e. The van der Waals surface area contributed by atoms with Gasteiger partial charge in [0, 0.05) is 33.8 Å². The molecule has 0 radical (unpaired) electrons. The van der Waals surface area contributed by atoms with Crippen LogP contribution in [0.3, 0.4) is 0 Å². The van der Waals surface area contributed by atoms with Gasteiger partial charge in [-0.2, -0.15) is 0 Å². The van der Waals surface area contributed by atoms with E-state index in [0.29, 0.717) is 17.3 Å². The molecule has 11 aromatic carbocycles. The molecule has 4 unspecified atom stereocenters. The number of anilines is 3. The maximum absolute atomic E-state index is 2.68. The highest BCUT2D eigenvalue weighted by Gasteiger charge is 2.52. The first kappa shape index (κ1) is 57.3. The van der Waals surface area contributed by atoms with Gasteiger partial charge in [0.05, 0.1) is 5.41 Å². The van der Waals surface area contributed by atoms with Gasteiger partial charge in [0.25, 0.3) is 0 Å². The topological polar surface area (TPSA) is 3.24 Å². The van der Waals surface area contributed by atoms with Crippen LogP contribution in [0, 0.1) is 41.5 Å². The molecule has 19 rings (SSSR count). The summed E-state index contributed by atoms with van der Waals surface area (Å²) in [7, 11) is 0. The van der Waals surface area contributed by atoms with E-state index >= 15 is 0 Å². The van der Waals surface area contributed by atoms with Gasteiger partial charge in [0.2, 0.25) is 0 Å².